The molecule has 0 bridgehead atoms. The summed E-state index contributed by atoms with van der Waals surface area (Å²) in [6.07, 6.45) is 1.50. The van der Waals surface area contributed by atoms with Crippen molar-refractivity contribution in [3.05, 3.63) is 74.4 Å². The molecule has 0 unspecified atom stereocenters. The van der Waals surface area contributed by atoms with Crippen molar-refractivity contribution in [3.8, 4) is 16.9 Å². The molecular weight excluding hydrogens is 444 g/mol. The van der Waals surface area contributed by atoms with Gasteiger partial charge in [-0.1, -0.05) is 41.9 Å². The smallest absolute Gasteiger partial charge is 0.141 e. The van der Waals surface area contributed by atoms with Gasteiger partial charge in [-0.05, 0) is 64.2 Å². The van der Waals surface area contributed by atoms with E-state index in [0.717, 1.165) is 47.6 Å². The summed E-state index contributed by atoms with van der Waals surface area (Å²) >= 11 is 11.6. The molecule has 0 saturated carbocycles. The lowest BCUT2D eigenvalue weighted by atomic mass is 9.96. The number of ether oxygens (including phenoxy) is 1. The zero-order valence-electron chi connectivity index (χ0n) is 14.8. The molecule has 0 amide bonds. The molecular formula is C21H16BrClN2OS. The predicted octanol–water partition coefficient (Wildman–Crippen LogP) is 6.97. The minimum atomic E-state index is 0.472. The van der Waals surface area contributed by atoms with Gasteiger partial charge >= 0.3 is 0 Å². The van der Waals surface area contributed by atoms with E-state index in [2.05, 4.69) is 64.0 Å². The number of halogens is 2. The minimum absolute atomic E-state index is 0.472. The fraction of sp³-hybridized carbons (Fsp3) is 0.143. The Bertz CT molecular complexity index is 1100. The summed E-state index contributed by atoms with van der Waals surface area (Å²) in [5.74, 6) is 0.857. The van der Waals surface area contributed by atoms with E-state index in [-0.39, 0.29) is 0 Å². The van der Waals surface area contributed by atoms with Crippen LogP contribution >= 0.6 is 38.9 Å². The van der Waals surface area contributed by atoms with E-state index in [1.54, 1.807) is 11.3 Å². The molecule has 6 heteroatoms. The lowest BCUT2D eigenvalue weighted by molar-refractivity contribution is 0.306. The van der Waals surface area contributed by atoms with E-state index in [1.807, 2.05) is 18.2 Å². The Hall–Kier alpha value is -1.95. The van der Waals surface area contributed by atoms with Gasteiger partial charge in [0.15, 0.2) is 0 Å². The van der Waals surface area contributed by atoms with Crippen LogP contribution in [-0.2, 0) is 6.61 Å². The number of benzene rings is 2. The second kappa shape index (κ2) is 7.58. The van der Waals surface area contributed by atoms with Gasteiger partial charge in [0.05, 0.1) is 9.17 Å². The molecule has 2 aromatic carbocycles. The van der Waals surface area contributed by atoms with Crippen molar-refractivity contribution in [2.45, 2.75) is 20.5 Å². The SMILES string of the molecule is Cc1cc(OCc2ccccc2)cc(C)c1-c1c(Br)sc2ncnc(Cl)c12. The first kappa shape index (κ1) is 18.4. The quantitative estimate of drug-likeness (QED) is 0.309. The summed E-state index contributed by atoms with van der Waals surface area (Å²) in [6.45, 7) is 4.72. The molecule has 136 valence electrons. The Morgan fingerprint density at radius 1 is 1.04 bits per heavy atom. The second-order valence-corrected chi connectivity index (χ2v) is 8.98. The van der Waals surface area contributed by atoms with Crippen LogP contribution in [0.15, 0.2) is 52.6 Å². The predicted molar refractivity (Wildman–Crippen MR) is 116 cm³/mol. The first-order valence-electron chi connectivity index (χ1n) is 8.41. The Balaban J connectivity index is 1.74. The summed E-state index contributed by atoms with van der Waals surface area (Å²) < 4.78 is 7.01. The summed E-state index contributed by atoms with van der Waals surface area (Å²) in [6, 6.07) is 14.3. The lowest BCUT2D eigenvalue weighted by Crippen LogP contribution is -1.97. The van der Waals surface area contributed by atoms with E-state index in [4.69, 9.17) is 16.3 Å². The van der Waals surface area contributed by atoms with Crippen LogP contribution in [0.4, 0.5) is 0 Å². The highest BCUT2D eigenvalue weighted by Gasteiger charge is 2.20. The topological polar surface area (TPSA) is 35.0 Å². The van der Waals surface area contributed by atoms with Crippen LogP contribution in [0.5, 0.6) is 5.75 Å². The molecule has 2 heterocycles. The zero-order chi connectivity index (χ0) is 19.0. The van der Waals surface area contributed by atoms with Gasteiger partial charge in [-0.25, -0.2) is 9.97 Å². The zero-order valence-corrected chi connectivity index (χ0v) is 18.0. The average Bonchev–Trinajstić information content (AvgIpc) is 2.98. The maximum absolute atomic E-state index is 6.39. The van der Waals surface area contributed by atoms with Gasteiger partial charge in [0.25, 0.3) is 0 Å². The van der Waals surface area contributed by atoms with Crippen molar-refractivity contribution in [1.29, 1.82) is 0 Å². The van der Waals surface area contributed by atoms with Crippen molar-refractivity contribution in [3.63, 3.8) is 0 Å². The third kappa shape index (κ3) is 3.59. The number of thiophene rings is 1. The normalized spacial score (nSPS) is 11.1. The number of aryl methyl sites for hydroxylation is 2. The maximum Gasteiger partial charge on any atom is 0.141 e. The largest absolute Gasteiger partial charge is 0.489 e. The molecule has 0 fully saturated rings. The fourth-order valence-corrected chi connectivity index (χ4v) is 5.25. The average molecular weight is 460 g/mol. The summed E-state index contributed by atoms with van der Waals surface area (Å²) in [4.78, 5) is 9.39. The highest BCUT2D eigenvalue weighted by molar-refractivity contribution is 9.11. The maximum atomic E-state index is 6.39. The minimum Gasteiger partial charge on any atom is -0.489 e. The van der Waals surface area contributed by atoms with Crippen molar-refractivity contribution < 1.29 is 4.74 Å². The van der Waals surface area contributed by atoms with Crippen LogP contribution < -0.4 is 4.74 Å². The Kier molecular flexibility index (Phi) is 5.17. The summed E-state index contributed by atoms with van der Waals surface area (Å²) in [5.41, 5.74) is 5.58. The Morgan fingerprint density at radius 3 is 2.44 bits per heavy atom. The van der Waals surface area contributed by atoms with Crippen LogP contribution in [0.1, 0.15) is 16.7 Å². The number of fused-ring (bicyclic) bond motifs is 1. The number of aromatic nitrogens is 2. The lowest BCUT2D eigenvalue weighted by Gasteiger charge is -2.14. The molecule has 4 aromatic rings. The van der Waals surface area contributed by atoms with Crippen molar-refractivity contribution in [1.82, 2.24) is 9.97 Å². The summed E-state index contributed by atoms with van der Waals surface area (Å²) in [5, 5.41) is 1.36. The molecule has 0 aliphatic heterocycles. The number of hydrogen-bond acceptors (Lipinski definition) is 4. The van der Waals surface area contributed by atoms with Gasteiger partial charge < -0.3 is 4.74 Å². The third-order valence-electron chi connectivity index (χ3n) is 4.40. The van der Waals surface area contributed by atoms with Crippen LogP contribution in [0.2, 0.25) is 5.15 Å². The van der Waals surface area contributed by atoms with Gasteiger partial charge in [-0.15, -0.1) is 11.3 Å². The summed E-state index contributed by atoms with van der Waals surface area (Å²) in [7, 11) is 0. The highest BCUT2D eigenvalue weighted by Crippen LogP contribution is 2.46. The van der Waals surface area contributed by atoms with E-state index in [1.165, 1.54) is 6.33 Å². The number of nitrogens with zero attached hydrogens (tertiary/aromatic N) is 2. The van der Waals surface area contributed by atoms with E-state index < -0.39 is 0 Å². The van der Waals surface area contributed by atoms with E-state index >= 15 is 0 Å². The van der Waals surface area contributed by atoms with Crippen LogP contribution in [0, 0.1) is 13.8 Å². The van der Waals surface area contributed by atoms with Crippen molar-refractivity contribution in [2.24, 2.45) is 0 Å². The van der Waals surface area contributed by atoms with Gasteiger partial charge in [0.1, 0.15) is 28.7 Å². The Labute approximate surface area is 175 Å². The van der Waals surface area contributed by atoms with Crippen LogP contribution in [0.3, 0.4) is 0 Å². The molecule has 2 aromatic heterocycles. The van der Waals surface area contributed by atoms with Gasteiger partial charge in [-0.2, -0.15) is 0 Å². The molecule has 0 atom stereocenters. The highest BCUT2D eigenvalue weighted by atomic mass is 79.9. The number of rotatable bonds is 4. The van der Waals surface area contributed by atoms with Crippen molar-refractivity contribution in [2.75, 3.05) is 0 Å². The monoisotopic (exact) mass is 458 g/mol. The first-order valence-corrected chi connectivity index (χ1v) is 10.4. The van der Waals surface area contributed by atoms with Gasteiger partial charge in [0.2, 0.25) is 0 Å². The fourth-order valence-electron chi connectivity index (χ4n) is 3.24. The molecule has 0 aliphatic rings. The van der Waals surface area contributed by atoms with Gasteiger partial charge in [-0.3, -0.25) is 0 Å². The number of hydrogen-bond donors (Lipinski definition) is 0. The van der Waals surface area contributed by atoms with E-state index in [9.17, 15) is 0 Å². The molecule has 0 saturated heterocycles. The van der Waals surface area contributed by atoms with E-state index in [0.29, 0.717) is 11.8 Å². The molecule has 0 aliphatic carbocycles. The van der Waals surface area contributed by atoms with Gasteiger partial charge in [0, 0.05) is 5.56 Å². The van der Waals surface area contributed by atoms with Crippen LogP contribution in [0.25, 0.3) is 21.3 Å². The molecule has 27 heavy (non-hydrogen) atoms. The second-order valence-electron chi connectivity index (χ2n) is 6.30. The molecule has 0 spiro atoms. The molecule has 4 rings (SSSR count). The standard InChI is InChI=1S/C21H16BrClN2OS/c1-12-8-15(26-10-14-6-4-3-5-7-14)9-13(2)16(12)17-18-20(23)24-11-25-21(18)27-19(17)22/h3-9,11H,10H2,1-2H3. The van der Waals surface area contributed by atoms with Crippen molar-refractivity contribution >= 4 is 49.1 Å². The third-order valence-corrected chi connectivity index (χ3v) is 6.46. The first-order chi connectivity index (χ1) is 13.0. The van der Waals surface area contributed by atoms with Crippen LogP contribution in [-0.4, -0.2) is 9.97 Å². The molecule has 0 radical (unpaired) electrons. The Morgan fingerprint density at radius 2 is 1.74 bits per heavy atom. The molecule has 0 N–H and O–H groups in total. The molecule has 3 nitrogen and oxygen atoms in total.